The highest BCUT2D eigenvalue weighted by Crippen LogP contribution is 2.21. The molecule has 0 aliphatic carbocycles. The van der Waals surface area contributed by atoms with Crippen molar-refractivity contribution in [1.29, 1.82) is 0 Å². The van der Waals surface area contributed by atoms with Gasteiger partial charge in [0.2, 0.25) is 0 Å². The standard InChI is InChI=1S/C11H16FNO/c1-2-14-11-8-10(12)6-5-9(11)4-3-7-13/h5-6,8H,2-4,7,13H2,1H3. The molecule has 0 heterocycles. The summed E-state index contributed by atoms with van der Waals surface area (Å²) in [6, 6.07) is 4.64. The van der Waals surface area contributed by atoms with Crippen LogP contribution in [-0.4, -0.2) is 13.2 Å². The van der Waals surface area contributed by atoms with Gasteiger partial charge < -0.3 is 10.5 Å². The number of halogens is 1. The summed E-state index contributed by atoms with van der Waals surface area (Å²) in [6.07, 6.45) is 1.73. The Kier molecular flexibility index (Phi) is 4.40. The van der Waals surface area contributed by atoms with E-state index >= 15 is 0 Å². The topological polar surface area (TPSA) is 35.2 Å². The first-order valence-corrected chi connectivity index (χ1v) is 4.89. The SMILES string of the molecule is CCOc1cc(F)ccc1CCCN. The van der Waals surface area contributed by atoms with Gasteiger partial charge in [-0.2, -0.15) is 0 Å². The Bertz CT molecular complexity index is 289. The van der Waals surface area contributed by atoms with E-state index in [4.69, 9.17) is 10.5 Å². The number of nitrogens with two attached hydrogens (primary N) is 1. The number of hydrogen-bond donors (Lipinski definition) is 1. The van der Waals surface area contributed by atoms with Gasteiger partial charge in [-0.3, -0.25) is 0 Å². The molecule has 14 heavy (non-hydrogen) atoms. The van der Waals surface area contributed by atoms with Crippen molar-refractivity contribution in [1.82, 2.24) is 0 Å². The van der Waals surface area contributed by atoms with E-state index in [1.807, 2.05) is 6.92 Å². The van der Waals surface area contributed by atoms with Crippen molar-refractivity contribution in [2.45, 2.75) is 19.8 Å². The molecule has 0 saturated carbocycles. The van der Waals surface area contributed by atoms with Gasteiger partial charge in [0, 0.05) is 6.07 Å². The second kappa shape index (κ2) is 5.60. The minimum Gasteiger partial charge on any atom is -0.493 e. The van der Waals surface area contributed by atoms with Crippen molar-refractivity contribution < 1.29 is 9.13 Å². The molecule has 1 aromatic carbocycles. The Morgan fingerprint density at radius 1 is 1.43 bits per heavy atom. The number of rotatable bonds is 5. The third-order valence-electron chi connectivity index (χ3n) is 1.98. The molecule has 0 aromatic heterocycles. The Hall–Kier alpha value is -1.09. The Labute approximate surface area is 83.9 Å². The van der Waals surface area contributed by atoms with Gasteiger partial charge >= 0.3 is 0 Å². The molecule has 3 heteroatoms. The number of benzene rings is 1. The third kappa shape index (κ3) is 3.00. The average Bonchev–Trinajstić information content (AvgIpc) is 2.17. The molecule has 0 amide bonds. The van der Waals surface area contributed by atoms with Crippen LogP contribution in [0.5, 0.6) is 5.75 Å². The van der Waals surface area contributed by atoms with Gasteiger partial charge in [0.05, 0.1) is 6.61 Å². The molecule has 0 aliphatic heterocycles. The molecule has 1 aromatic rings. The molecule has 0 spiro atoms. The molecular weight excluding hydrogens is 181 g/mol. The highest BCUT2D eigenvalue weighted by molar-refractivity contribution is 5.34. The minimum absolute atomic E-state index is 0.259. The number of ether oxygens (including phenoxy) is 1. The van der Waals surface area contributed by atoms with Crippen LogP contribution in [0.25, 0.3) is 0 Å². The van der Waals surface area contributed by atoms with E-state index in [0.29, 0.717) is 18.9 Å². The van der Waals surface area contributed by atoms with Gasteiger partial charge in [-0.1, -0.05) is 6.07 Å². The second-order valence-electron chi connectivity index (χ2n) is 3.08. The summed E-state index contributed by atoms with van der Waals surface area (Å²) in [6.45, 7) is 3.08. The monoisotopic (exact) mass is 197 g/mol. The molecular formula is C11H16FNO. The van der Waals surface area contributed by atoms with Crippen LogP contribution in [0.3, 0.4) is 0 Å². The minimum atomic E-state index is -0.259. The normalized spacial score (nSPS) is 10.2. The highest BCUT2D eigenvalue weighted by Gasteiger charge is 2.04. The molecule has 78 valence electrons. The predicted molar refractivity (Wildman–Crippen MR) is 54.9 cm³/mol. The van der Waals surface area contributed by atoms with Gasteiger partial charge in [0.15, 0.2) is 0 Å². The zero-order valence-electron chi connectivity index (χ0n) is 8.42. The summed E-state index contributed by atoms with van der Waals surface area (Å²) in [5, 5.41) is 0. The fraction of sp³-hybridized carbons (Fsp3) is 0.455. The third-order valence-corrected chi connectivity index (χ3v) is 1.98. The summed E-state index contributed by atoms with van der Waals surface area (Å²) < 4.78 is 18.2. The smallest absolute Gasteiger partial charge is 0.126 e. The first-order valence-electron chi connectivity index (χ1n) is 4.89. The summed E-state index contributed by atoms with van der Waals surface area (Å²) in [5.41, 5.74) is 6.44. The lowest BCUT2D eigenvalue weighted by Crippen LogP contribution is -2.03. The molecule has 0 bridgehead atoms. The van der Waals surface area contributed by atoms with E-state index in [2.05, 4.69) is 0 Å². The molecule has 0 radical (unpaired) electrons. The van der Waals surface area contributed by atoms with E-state index in [1.165, 1.54) is 12.1 Å². The Morgan fingerprint density at radius 3 is 2.86 bits per heavy atom. The Morgan fingerprint density at radius 2 is 2.21 bits per heavy atom. The van der Waals surface area contributed by atoms with E-state index in [9.17, 15) is 4.39 Å². The van der Waals surface area contributed by atoms with Crippen LogP contribution < -0.4 is 10.5 Å². The van der Waals surface area contributed by atoms with Crippen LogP contribution in [0.15, 0.2) is 18.2 Å². The van der Waals surface area contributed by atoms with Crippen LogP contribution in [0.1, 0.15) is 18.9 Å². The van der Waals surface area contributed by atoms with Crippen LogP contribution >= 0.6 is 0 Å². The van der Waals surface area contributed by atoms with Crippen molar-refractivity contribution >= 4 is 0 Å². The predicted octanol–water partition coefficient (Wildman–Crippen LogP) is 2.12. The van der Waals surface area contributed by atoms with Gasteiger partial charge in [-0.05, 0) is 37.9 Å². The first kappa shape index (κ1) is 11.0. The highest BCUT2D eigenvalue weighted by atomic mass is 19.1. The first-order chi connectivity index (χ1) is 6.77. The maximum Gasteiger partial charge on any atom is 0.126 e. The molecule has 2 N–H and O–H groups in total. The second-order valence-corrected chi connectivity index (χ2v) is 3.08. The average molecular weight is 197 g/mol. The van der Waals surface area contributed by atoms with E-state index in [0.717, 1.165) is 18.4 Å². The van der Waals surface area contributed by atoms with Crippen molar-refractivity contribution in [3.8, 4) is 5.75 Å². The molecule has 0 unspecified atom stereocenters. The van der Waals surface area contributed by atoms with Crippen LogP contribution in [-0.2, 0) is 6.42 Å². The van der Waals surface area contributed by atoms with Crippen molar-refractivity contribution in [3.63, 3.8) is 0 Å². The van der Waals surface area contributed by atoms with E-state index < -0.39 is 0 Å². The lowest BCUT2D eigenvalue weighted by atomic mass is 10.1. The van der Waals surface area contributed by atoms with E-state index in [-0.39, 0.29) is 5.82 Å². The van der Waals surface area contributed by atoms with Crippen LogP contribution in [0.2, 0.25) is 0 Å². The lowest BCUT2D eigenvalue weighted by Gasteiger charge is -2.09. The summed E-state index contributed by atoms with van der Waals surface area (Å²) in [7, 11) is 0. The molecule has 2 nitrogen and oxygen atoms in total. The van der Waals surface area contributed by atoms with Gasteiger partial charge in [-0.25, -0.2) is 4.39 Å². The largest absolute Gasteiger partial charge is 0.493 e. The molecule has 0 fully saturated rings. The van der Waals surface area contributed by atoms with Gasteiger partial charge in [0.25, 0.3) is 0 Å². The van der Waals surface area contributed by atoms with Crippen molar-refractivity contribution in [2.24, 2.45) is 5.73 Å². The maximum atomic E-state index is 12.9. The summed E-state index contributed by atoms with van der Waals surface area (Å²) in [4.78, 5) is 0. The number of aryl methyl sites for hydroxylation is 1. The quantitative estimate of drug-likeness (QED) is 0.784. The van der Waals surface area contributed by atoms with E-state index in [1.54, 1.807) is 6.07 Å². The zero-order valence-corrected chi connectivity index (χ0v) is 8.42. The van der Waals surface area contributed by atoms with Crippen LogP contribution in [0.4, 0.5) is 4.39 Å². The molecule has 0 saturated heterocycles. The van der Waals surface area contributed by atoms with Gasteiger partial charge in [-0.15, -0.1) is 0 Å². The fourth-order valence-electron chi connectivity index (χ4n) is 1.32. The van der Waals surface area contributed by atoms with Crippen molar-refractivity contribution in [2.75, 3.05) is 13.2 Å². The summed E-state index contributed by atoms with van der Waals surface area (Å²) in [5.74, 6) is 0.380. The summed E-state index contributed by atoms with van der Waals surface area (Å²) >= 11 is 0. The fourth-order valence-corrected chi connectivity index (χ4v) is 1.32. The molecule has 0 aliphatic rings. The molecule has 0 atom stereocenters. The molecule has 1 rings (SSSR count). The van der Waals surface area contributed by atoms with Gasteiger partial charge in [0.1, 0.15) is 11.6 Å². The van der Waals surface area contributed by atoms with Crippen molar-refractivity contribution in [3.05, 3.63) is 29.6 Å². The van der Waals surface area contributed by atoms with Crippen LogP contribution in [0, 0.1) is 5.82 Å². The Balaban J connectivity index is 2.78. The number of hydrogen-bond acceptors (Lipinski definition) is 2. The lowest BCUT2D eigenvalue weighted by molar-refractivity contribution is 0.334. The zero-order chi connectivity index (χ0) is 10.4. The maximum absolute atomic E-state index is 12.9.